The van der Waals surface area contributed by atoms with Crippen molar-refractivity contribution in [1.29, 1.82) is 0 Å². The minimum Gasteiger partial charge on any atom is -0.340 e. The van der Waals surface area contributed by atoms with Gasteiger partial charge in [-0.25, -0.2) is 4.79 Å². The minimum atomic E-state index is -0.256. The summed E-state index contributed by atoms with van der Waals surface area (Å²) in [6, 6.07) is 7.25. The molecular formula is C16H23N3O2. The van der Waals surface area contributed by atoms with Crippen molar-refractivity contribution in [3.8, 4) is 0 Å². The molecule has 5 heteroatoms. The summed E-state index contributed by atoms with van der Waals surface area (Å²) in [7, 11) is 0. The quantitative estimate of drug-likeness (QED) is 0.894. The third-order valence-corrected chi connectivity index (χ3v) is 3.53. The number of amides is 3. The molecule has 1 unspecified atom stereocenters. The maximum Gasteiger partial charge on any atom is 0.319 e. The number of anilines is 1. The van der Waals surface area contributed by atoms with Crippen LogP contribution in [0.15, 0.2) is 24.3 Å². The Morgan fingerprint density at radius 1 is 1.38 bits per heavy atom. The molecular weight excluding hydrogens is 266 g/mol. The van der Waals surface area contributed by atoms with E-state index >= 15 is 0 Å². The number of aryl methyl sites for hydroxylation is 1. The molecule has 1 aromatic carbocycles. The van der Waals surface area contributed by atoms with Gasteiger partial charge in [0.2, 0.25) is 5.91 Å². The van der Waals surface area contributed by atoms with E-state index in [0.717, 1.165) is 17.8 Å². The lowest BCUT2D eigenvalue weighted by molar-refractivity contribution is -0.128. The average Bonchev–Trinajstić information content (AvgIpc) is 2.71. The Hall–Kier alpha value is -2.04. The van der Waals surface area contributed by atoms with Crippen LogP contribution < -0.4 is 10.6 Å². The summed E-state index contributed by atoms with van der Waals surface area (Å²) >= 11 is 0. The third kappa shape index (κ3) is 4.21. The van der Waals surface area contributed by atoms with Crippen LogP contribution >= 0.6 is 0 Å². The normalized spacial score (nSPS) is 18.2. The highest BCUT2D eigenvalue weighted by Gasteiger charge is 2.30. The highest BCUT2D eigenvalue weighted by atomic mass is 16.2. The maximum atomic E-state index is 12.0. The Bertz CT molecular complexity index is 528. The van der Waals surface area contributed by atoms with Gasteiger partial charge in [-0.05, 0) is 24.5 Å². The molecule has 0 aliphatic carbocycles. The smallest absolute Gasteiger partial charge is 0.319 e. The molecule has 0 radical (unpaired) electrons. The number of carbonyl (C=O) groups is 2. The molecule has 2 rings (SSSR count). The zero-order valence-electron chi connectivity index (χ0n) is 12.8. The van der Waals surface area contributed by atoms with Gasteiger partial charge in [-0.15, -0.1) is 0 Å². The predicted molar refractivity (Wildman–Crippen MR) is 83.2 cm³/mol. The van der Waals surface area contributed by atoms with Gasteiger partial charge in [0.05, 0.1) is 6.04 Å². The molecule has 1 heterocycles. The fraction of sp³-hybridized carbons (Fsp3) is 0.500. The van der Waals surface area contributed by atoms with E-state index in [-0.39, 0.29) is 18.0 Å². The Kier molecular flexibility index (Phi) is 4.83. The highest BCUT2D eigenvalue weighted by Crippen LogP contribution is 2.15. The van der Waals surface area contributed by atoms with Crippen molar-refractivity contribution in [2.45, 2.75) is 33.2 Å². The van der Waals surface area contributed by atoms with E-state index < -0.39 is 0 Å². The number of hydrogen-bond donors (Lipinski definition) is 2. The van der Waals surface area contributed by atoms with E-state index in [1.54, 1.807) is 0 Å². The summed E-state index contributed by atoms with van der Waals surface area (Å²) < 4.78 is 0. The molecule has 21 heavy (non-hydrogen) atoms. The molecule has 1 aliphatic heterocycles. The number of para-hydroxylation sites is 1. The van der Waals surface area contributed by atoms with Crippen LogP contribution in [0, 0.1) is 12.8 Å². The van der Waals surface area contributed by atoms with Crippen molar-refractivity contribution < 1.29 is 9.59 Å². The van der Waals surface area contributed by atoms with Crippen molar-refractivity contribution in [2.75, 3.05) is 18.4 Å². The molecule has 1 aliphatic rings. The fourth-order valence-corrected chi connectivity index (χ4v) is 2.54. The standard InChI is InChI=1S/C16H23N3O2/c1-11(2)9-19-10-13(8-15(19)20)17-16(21)18-14-7-5-4-6-12(14)3/h4-7,11,13H,8-10H2,1-3H3,(H2,17,18,21). The van der Waals surface area contributed by atoms with Crippen molar-refractivity contribution >= 4 is 17.6 Å². The van der Waals surface area contributed by atoms with Crippen molar-refractivity contribution in [1.82, 2.24) is 10.2 Å². The maximum absolute atomic E-state index is 12.0. The van der Waals surface area contributed by atoms with Gasteiger partial charge in [-0.2, -0.15) is 0 Å². The molecule has 0 spiro atoms. The summed E-state index contributed by atoms with van der Waals surface area (Å²) in [5, 5.41) is 5.70. The first-order chi connectivity index (χ1) is 9.95. The number of benzene rings is 1. The van der Waals surface area contributed by atoms with Gasteiger partial charge in [-0.1, -0.05) is 32.0 Å². The second kappa shape index (κ2) is 6.61. The monoisotopic (exact) mass is 289 g/mol. The number of rotatable bonds is 4. The molecule has 0 aromatic heterocycles. The molecule has 0 saturated carbocycles. The second-order valence-electron chi connectivity index (χ2n) is 6.01. The van der Waals surface area contributed by atoms with Crippen LogP contribution in [0.5, 0.6) is 0 Å². The van der Waals surface area contributed by atoms with E-state index in [4.69, 9.17) is 0 Å². The van der Waals surface area contributed by atoms with Gasteiger partial charge in [0.25, 0.3) is 0 Å². The zero-order chi connectivity index (χ0) is 15.4. The molecule has 114 valence electrons. The number of carbonyl (C=O) groups excluding carboxylic acids is 2. The van der Waals surface area contributed by atoms with Crippen molar-refractivity contribution in [3.05, 3.63) is 29.8 Å². The first-order valence-electron chi connectivity index (χ1n) is 7.36. The fourth-order valence-electron chi connectivity index (χ4n) is 2.54. The van der Waals surface area contributed by atoms with Crippen LogP contribution in [0.4, 0.5) is 10.5 Å². The Morgan fingerprint density at radius 2 is 2.10 bits per heavy atom. The lowest BCUT2D eigenvalue weighted by Gasteiger charge is -2.19. The third-order valence-electron chi connectivity index (χ3n) is 3.53. The molecule has 1 aromatic rings. The van der Waals surface area contributed by atoms with Gasteiger partial charge >= 0.3 is 6.03 Å². The van der Waals surface area contributed by atoms with Gasteiger partial charge in [0.1, 0.15) is 0 Å². The number of nitrogens with zero attached hydrogens (tertiary/aromatic N) is 1. The van der Waals surface area contributed by atoms with Crippen LogP contribution in [-0.2, 0) is 4.79 Å². The van der Waals surface area contributed by atoms with Gasteiger partial charge in [-0.3, -0.25) is 4.79 Å². The van der Waals surface area contributed by atoms with E-state index in [9.17, 15) is 9.59 Å². The van der Waals surface area contributed by atoms with Crippen LogP contribution in [0.1, 0.15) is 25.8 Å². The molecule has 5 nitrogen and oxygen atoms in total. The van der Waals surface area contributed by atoms with Crippen LogP contribution in [0.25, 0.3) is 0 Å². The number of nitrogens with one attached hydrogen (secondary N) is 2. The van der Waals surface area contributed by atoms with E-state index in [2.05, 4.69) is 24.5 Å². The molecule has 0 bridgehead atoms. The molecule has 3 amide bonds. The topological polar surface area (TPSA) is 61.4 Å². The summed E-state index contributed by atoms with van der Waals surface area (Å²) in [5.74, 6) is 0.554. The highest BCUT2D eigenvalue weighted by molar-refractivity contribution is 5.91. The van der Waals surface area contributed by atoms with Gasteiger partial charge < -0.3 is 15.5 Å². The number of likely N-dealkylation sites (tertiary alicyclic amines) is 1. The van der Waals surface area contributed by atoms with Crippen molar-refractivity contribution in [2.24, 2.45) is 5.92 Å². The molecule has 1 atom stereocenters. The molecule has 1 saturated heterocycles. The summed E-state index contributed by atoms with van der Waals surface area (Å²) in [6.07, 6.45) is 0.383. The van der Waals surface area contributed by atoms with Crippen molar-refractivity contribution in [3.63, 3.8) is 0 Å². The summed E-state index contributed by atoms with van der Waals surface area (Å²) in [6.45, 7) is 7.45. The average molecular weight is 289 g/mol. The van der Waals surface area contributed by atoms with E-state index in [0.29, 0.717) is 18.9 Å². The first kappa shape index (κ1) is 15.4. The number of hydrogen-bond acceptors (Lipinski definition) is 2. The minimum absolute atomic E-state index is 0.111. The summed E-state index contributed by atoms with van der Waals surface area (Å²) in [4.78, 5) is 25.7. The number of urea groups is 1. The summed E-state index contributed by atoms with van der Waals surface area (Å²) in [5.41, 5.74) is 1.80. The van der Waals surface area contributed by atoms with E-state index in [1.807, 2.05) is 36.1 Å². The van der Waals surface area contributed by atoms with E-state index in [1.165, 1.54) is 0 Å². The first-order valence-corrected chi connectivity index (χ1v) is 7.36. The van der Waals surface area contributed by atoms with Crippen LogP contribution in [-0.4, -0.2) is 36.0 Å². The molecule has 1 fully saturated rings. The molecule has 2 N–H and O–H groups in total. The van der Waals surface area contributed by atoms with Gasteiger partial charge in [0.15, 0.2) is 0 Å². The second-order valence-corrected chi connectivity index (χ2v) is 6.01. The Morgan fingerprint density at radius 3 is 2.76 bits per heavy atom. The SMILES string of the molecule is Cc1ccccc1NC(=O)NC1CC(=O)N(CC(C)C)C1. The Labute approximate surface area is 125 Å². The largest absolute Gasteiger partial charge is 0.340 e. The van der Waals surface area contributed by atoms with Crippen LogP contribution in [0.2, 0.25) is 0 Å². The van der Waals surface area contributed by atoms with Gasteiger partial charge in [0, 0.05) is 25.2 Å². The lowest BCUT2D eigenvalue weighted by atomic mass is 10.2. The Balaban J connectivity index is 1.87. The predicted octanol–water partition coefficient (Wildman–Crippen LogP) is 2.37. The lowest BCUT2D eigenvalue weighted by Crippen LogP contribution is -2.40. The van der Waals surface area contributed by atoms with Crippen LogP contribution in [0.3, 0.4) is 0 Å². The zero-order valence-corrected chi connectivity index (χ0v) is 12.8.